The molecule has 2 aromatic rings. The van der Waals surface area contributed by atoms with Gasteiger partial charge in [0.05, 0.1) is 5.54 Å². The van der Waals surface area contributed by atoms with Gasteiger partial charge in [0.1, 0.15) is 0 Å². The van der Waals surface area contributed by atoms with Gasteiger partial charge in [-0.3, -0.25) is 4.79 Å². The second-order valence-corrected chi connectivity index (χ2v) is 5.44. The number of hydrogen-bond acceptors (Lipinski definition) is 2. The fraction of sp³-hybridized carbons (Fsp3) is 0.312. The number of fused-ring (bicyclic) bond motifs is 1. The summed E-state index contributed by atoms with van der Waals surface area (Å²) >= 11 is 0. The van der Waals surface area contributed by atoms with Gasteiger partial charge in [0.15, 0.2) is 0 Å². The molecule has 0 spiro atoms. The Kier molecular flexibility index (Phi) is 2.79. The van der Waals surface area contributed by atoms with Gasteiger partial charge in [-0.15, -0.1) is 0 Å². The number of carbonyl (C=O) groups excluding carboxylic acids is 1. The maximum absolute atomic E-state index is 12.3. The average Bonchev–Trinajstić information content (AvgIpc) is 2.42. The average molecular weight is 254 g/mol. The van der Waals surface area contributed by atoms with Crippen molar-refractivity contribution < 1.29 is 4.79 Å². The van der Waals surface area contributed by atoms with Crippen LogP contribution in [0.25, 0.3) is 10.8 Å². The van der Waals surface area contributed by atoms with Crippen LogP contribution < -0.4 is 5.73 Å². The van der Waals surface area contributed by atoms with Crippen molar-refractivity contribution in [3.63, 3.8) is 0 Å². The smallest absolute Gasteiger partial charge is 0.254 e. The zero-order valence-electron chi connectivity index (χ0n) is 11.1. The number of benzene rings is 2. The number of nitrogens with zero attached hydrogens (tertiary/aromatic N) is 1. The van der Waals surface area contributed by atoms with E-state index in [2.05, 4.69) is 13.0 Å². The first-order valence-corrected chi connectivity index (χ1v) is 6.68. The number of rotatable bonds is 2. The maximum Gasteiger partial charge on any atom is 0.254 e. The molecule has 0 atom stereocenters. The summed E-state index contributed by atoms with van der Waals surface area (Å²) in [6.45, 7) is 3.39. The predicted molar refractivity (Wildman–Crippen MR) is 77.1 cm³/mol. The van der Waals surface area contributed by atoms with Crippen molar-refractivity contribution in [3.05, 3.63) is 48.0 Å². The minimum absolute atomic E-state index is 0.0836. The Morgan fingerprint density at radius 3 is 2.58 bits per heavy atom. The van der Waals surface area contributed by atoms with Crippen molar-refractivity contribution in [1.82, 2.24) is 4.90 Å². The van der Waals surface area contributed by atoms with E-state index in [-0.39, 0.29) is 11.4 Å². The van der Waals surface area contributed by atoms with E-state index in [0.717, 1.165) is 22.8 Å². The molecule has 2 N–H and O–H groups in total. The van der Waals surface area contributed by atoms with Gasteiger partial charge in [-0.05, 0) is 29.3 Å². The van der Waals surface area contributed by atoms with Gasteiger partial charge in [-0.25, -0.2) is 0 Å². The summed E-state index contributed by atoms with van der Waals surface area (Å²) in [5.74, 6) is 0.0836. The monoisotopic (exact) mass is 254 g/mol. The van der Waals surface area contributed by atoms with Crippen LogP contribution in [0.2, 0.25) is 0 Å². The van der Waals surface area contributed by atoms with Gasteiger partial charge in [-0.2, -0.15) is 0 Å². The van der Waals surface area contributed by atoms with Crippen LogP contribution in [0.4, 0.5) is 0 Å². The predicted octanol–water partition coefficient (Wildman–Crippen LogP) is 2.40. The SMILES string of the molecule is CCC1(N)CN(C(=O)c2ccc3ccccc3c2)C1. The van der Waals surface area contributed by atoms with Crippen LogP contribution in [0.15, 0.2) is 42.5 Å². The molecule has 0 aliphatic carbocycles. The molecule has 0 radical (unpaired) electrons. The minimum atomic E-state index is -0.174. The van der Waals surface area contributed by atoms with Crippen molar-refractivity contribution in [1.29, 1.82) is 0 Å². The molecule has 0 unspecified atom stereocenters. The van der Waals surface area contributed by atoms with Gasteiger partial charge in [0.25, 0.3) is 5.91 Å². The lowest BCUT2D eigenvalue weighted by Crippen LogP contribution is -2.68. The lowest BCUT2D eigenvalue weighted by atomic mass is 9.87. The summed E-state index contributed by atoms with van der Waals surface area (Å²) < 4.78 is 0. The molecule has 98 valence electrons. The highest BCUT2D eigenvalue weighted by Crippen LogP contribution is 2.24. The first-order chi connectivity index (χ1) is 9.11. The second-order valence-electron chi connectivity index (χ2n) is 5.44. The highest BCUT2D eigenvalue weighted by atomic mass is 16.2. The minimum Gasteiger partial charge on any atom is -0.335 e. The highest BCUT2D eigenvalue weighted by Gasteiger charge is 2.40. The second kappa shape index (κ2) is 4.35. The van der Waals surface area contributed by atoms with E-state index < -0.39 is 0 Å². The molecule has 1 saturated heterocycles. The van der Waals surface area contributed by atoms with E-state index in [9.17, 15) is 4.79 Å². The molecule has 0 saturated carbocycles. The van der Waals surface area contributed by atoms with Gasteiger partial charge in [-0.1, -0.05) is 37.3 Å². The zero-order chi connectivity index (χ0) is 13.5. The van der Waals surface area contributed by atoms with Crippen molar-refractivity contribution in [3.8, 4) is 0 Å². The lowest BCUT2D eigenvalue weighted by Gasteiger charge is -2.47. The van der Waals surface area contributed by atoms with Crippen molar-refractivity contribution in [2.24, 2.45) is 5.73 Å². The highest BCUT2D eigenvalue weighted by molar-refractivity contribution is 5.99. The number of hydrogen-bond donors (Lipinski definition) is 1. The Morgan fingerprint density at radius 1 is 1.21 bits per heavy atom. The van der Waals surface area contributed by atoms with Gasteiger partial charge < -0.3 is 10.6 Å². The topological polar surface area (TPSA) is 46.3 Å². The molecule has 0 aromatic heterocycles. The molecule has 3 heteroatoms. The first-order valence-electron chi connectivity index (χ1n) is 6.68. The normalized spacial score (nSPS) is 17.3. The molecule has 19 heavy (non-hydrogen) atoms. The van der Waals surface area contributed by atoms with Gasteiger partial charge in [0, 0.05) is 18.7 Å². The zero-order valence-corrected chi connectivity index (χ0v) is 11.1. The van der Waals surface area contributed by atoms with E-state index in [1.54, 1.807) is 0 Å². The number of amides is 1. The Morgan fingerprint density at radius 2 is 1.89 bits per heavy atom. The van der Waals surface area contributed by atoms with Crippen molar-refractivity contribution >= 4 is 16.7 Å². The summed E-state index contributed by atoms with van der Waals surface area (Å²) in [6.07, 6.45) is 0.911. The van der Waals surface area contributed by atoms with E-state index in [1.165, 1.54) is 0 Å². The molecular formula is C16H18N2O. The van der Waals surface area contributed by atoms with E-state index in [4.69, 9.17) is 5.73 Å². The number of carbonyl (C=O) groups is 1. The molecule has 1 aliphatic heterocycles. The van der Waals surface area contributed by atoms with E-state index in [0.29, 0.717) is 13.1 Å². The molecule has 0 bridgehead atoms. The Hall–Kier alpha value is -1.87. The number of likely N-dealkylation sites (tertiary alicyclic amines) is 1. The molecule has 2 aromatic carbocycles. The van der Waals surface area contributed by atoms with Gasteiger partial charge >= 0.3 is 0 Å². The fourth-order valence-corrected chi connectivity index (χ4v) is 2.59. The summed E-state index contributed by atoms with van der Waals surface area (Å²) in [4.78, 5) is 14.2. The summed E-state index contributed by atoms with van der Waals surface area (Å²) in [5.41, 5.74) is 6.68. The van der Waals surface area contributed by atoms with Crippen LogP contribution in [-0.4, -0.2) is 29.4 Å². The lowest BCUT2D eigenvalue weighted by molar-refractivity contribution is 0.0401. The van der Waals surface area contributed by atoms with Crippen LogP contribution >= 0.6 is 0 Å². The van der Waals surface area contributed by atoms with Crippen LogP contribution in [0.3, 0.4) is 0 Å². The Labute approximate surface area is 113 Å². The maximum atomic E-state index is 12.3. The Bertz CT molecular complexity index is 629. The van der Waals surface area contributed by atoms with Crippen molar-refractivity contribution in [2.75, 3.05) is 13.1 Å². The molecule has 3 rings (SSSR count). The molecule has 1 amide bonds. The molecule has 3 nitrogen and oxygen atoms in total. The van der Waals surface area contributed by atoms with Gasteiger partial charge in [0.2, 0.25) is 0 Å². The summed E-state index contributed by atoms with van der Waals surface area (Å²) in [5, 5.41) is 2.26. The summed E-state index contributed by atoms with van der Waals surface area (Å²) in [7, 11) is 0. The third-order valence-corrected chi connectivity index (χ3v) is 4.00. The third-order valence-electron chi connectivity index (χ3n) is 4.00. The van der Waals surface area contributed by atoms with Crippen LogP contribution in [0.5, 0.6) is 0 Å². The largest absolute Gasteiger partial charge is 0.335 e. The standard InChI is InChI=1S/C16H18N2O/c1-2-16(17)10-18(11-16)15(19)14-8-7-12-5-3-4-6-13(12)9-14/h3-9H,2,10-11,17H2,1H3. The van der Waals surface area contributed by atoms with Crippen LogP contribution in [-0.2, 0) is 0 Å². The van der Waals surface area contributed by atoms with E-state index in [1.807, 2.05) is 41.3 Å². The van der Waals surface area contributed by atoms with Crippen LogP contribution in [0, 0.1) is 0 Å². The third kappa shape index (κ3) is 2.10. The van der Waals surface area contributed by atoms with Crippen molar-refractivity contribution in [2.45, 2.75) is 18.9 Å². The quantitative estimate of drug-likeness (QED) is 0.894. The van der Waals surface area contributed by atoms with E-state index >= 15 is 0 Å². The molecule has 1 aliphatic rings. The molecule has 1 heterocycles. The number of nitrogens with two attached hydrogens (primary N) is 1. The summed E-state index contributed by atoms with van der Waals surface area (Å²) in [6, 6.07) is 13.9. The van der Waals surface area contributed by atoms with Crippen LogP contribution in [0.1, 0.15) is 23.7 Å². The first kappa shape index (κ1) is 12.2. The molecular weight excluding hydrogens is 236 g/mol. The Balaban J connectivity index is 1.83. The molecule has 1 fully saturated rings. The fourth-order valence-electron chi connectivity index (χ4n) is 2.59.